The average Bonchev–Trinajstić information content (AvgIpc) is 3.05. The Balaban J connectivity index is 1.50. The molecule has 0 radical (unpaired) electrons. The molecule has 0 aromatic heterocycles. The molecule has 0 saturated carbocycles. The maximum Gasteiger partial charge on any atom is 0.407 e. The van der Waals surface area contributed by atoms with Crippen molar-refractivity contribution in [2.24, 2.45) is 0 Å². The monoisotopic (exact) mass is 435 g/mol. The first-order valence-electron chi connectivity index (χ1n) is 10.0. The Labute approximate surface area is 185 Å². The molecule has 3 aromatic rings. The predicted molar refractivity (Wildman–Crippen MR) is 119 cm³/mol. The van der Waals surface area contributed by atoms with Crippen LogP contribution in [0, 0.1) is 6.92 Å². The number of carbonyl (C=O) groups excluding carboxylic acids is 1. The van der Waals surface area contributed by atoms with Crippen molar-refractivity contribution in [1.29, 1.82) is 0 Å². The Morgan fingerprint density at radius 1 is 1.03 bits per heavy atom. The summed E-state index contributed by atoms with van der Waals surface area (Å²) in [5.74, 6) is -1.11. The Hall–Kier alpha value is -3.31. The molecule has 4 rings (SSSR count). The van der Waals surface area contributed by atoms with Gasteiger partial charge in [0.05, 0.1) is 12.5 Å². The van der Waals surface area contributed by atoms with E-state index < -0.39 is 18.1 Å². The number of amides is 1. The molecule has 1 aliphatic rings. The van der Waals surface area contributed by atoms with Gasteiger partial charge in [-0.3, -0.25) is 4.79 Å². The molecule has 1 amide bonds. The van der Waals surface area contributed by atoms with Crippen LogP contribution < -0.4 is 5.32 Å². The van der Waals surface area contributed by atoms with Crippen LogP contribution in [0.15, 0.2) is 66.7 Å². The molecule has 0 aliphatic heterocycles. The molecule has 6 heteroatoms. The van der Waals surface area contributed by atoms with E-state index in [2.05, 4.69) is 17.4 Å². The lowest BCUT2D eigenvalue weighted by molar-refractivity contribution is -0.137. The minimum atomic E-state index is -1.04. The molecule has 0 fully saturated rings. The van der Waals surface area contributed by atoms with Crippen molar-refractivity contribution >= 4 is 23.7 Å². The van der Waals surface area contributed by atoms with Gasteiger partial charge in [0.15, 0.2) is 0 Å². The summed E-state index contributed by atoms with van der Waals surface area (Å²) in [5, 5.41) is 12.4. The highest BCUT2D eigenvalue weighted by Crippen LogP contribution is 2.44. The lowest BCUT2D eigenvalue weighted by Crippen LogP contribution is -2.32. The lowest BCUT2D eigenvalue weighted by atomic mass is 9.98. The predicted octanol–water partition coefficient (Wildman–Crippen LogP) is 5.70. The summed E-state index contributed by atoms with van der Waals surface area (Å²) in [7, 11) is 0. The Morgan fingerprint density at radius 2 is 1.65 bits per heavy atom. The lowest BCUT2D eigenvalue weighted by Gasteiger charge is -2.20. The van der Waals surface area contributed by atoms with E-state index >= 15 is 0 Å². The van der Waals surface area contributed by atoms with E-state index in [1.54, 1.807) is 12.1 Å². The first kappa shape index (κ1) is 20.9. The number of rotatable bonds is 6. The third-order valence-corrected chi connectivity index (χ3v) is 5.87. The van der Waals surface area contributed by atoms with Crippen LogP contribution in [0.25, 0.3) is 11.1 Å². The summed E-state index contributed by atoms with van der Waals surface area (Å²) in [6, 6.07) is 20.7. The van der Waals surface area contributed by atoms with Crippen molar-refractivity contribution in [2.75, 3.05) is 6.61 Å². The van der Waals surface area contributed by atoms with E-state index in [0.29, 0.717) is 10.6 Å². The number of carbonyl (C=O) groups is 2. The van der Waals surface area contributed by atoms with Crippen LogP contribution >= 0.6 is 11.6 Å². The number of halogens is 1. The Bertz CT molecular complexity index is 1100. The van der Waals surface area contributed by atoms with Crippen molar-refractivity contribution in [3.63, 3.8) is 0 Å². The standard InChI is InChI=1S/C25H22ClNO4/c1-15-10-11-20(22(26)12-15)23(13-24(28)29)27-25(30)31-14-21-18-8-4-2-6-16(18)17-7-3-5-9-19(17)21/h2-12,21,23H,13-14H2,1H3,(H,27,30)(H,28,29)/t23-/m1/s1. The van der Waals surface area contributed by atoms with Gasteiger partial charge in [-0.2, -0.15) is 0 Å². The second kappa shape index (κ2) is 8.82. The van der Waals surface area contributed by atoms with Gasteiger partial charge in [0.25, 0.3) is 0 Å². The quantitative estimate of drug-likeness (QED) is 0.520. The largest absolute Gasteiger partial charge is 0.481 e. The molecule has 0 bridgehead atoms. The molecule has 2 N–H and O–H groups in total. The summed E-state index contributed by atoms with van der Waals surface area (Å²) < 4.78 is 5.55. The number of hydrogen-bond donors (Lipinski definition) is 2. The number of carboxylic acids is 1. The number of ether oxygens (including phenoxy) is 1. The fourth-order valence-corrected chi connectivity index (χ4v) is 4.48. The summed E-state index contributed by atoms with van der Waals surface area (Å²) >= 11 is 6.30. The van der Waals surface area contributed by atoms with Gasteiger partial charge in [0.2, 0.25) is 0 Å². The SMILES string of the molecule is Cc1ccc([C@@H](CC(=O)O)NC(=O)OCC2c3ccccc3-c3ccccc32)c(Cl)c1. The Kier molecular flexibility index (Phi) is 5.96. The number of nitrogens with one attached hydrogen (secondary N) is 1. The zero-order chi connectivity index (χ0) is 22.0. The van der Waals surface area contributed by atoms with Gasteiger partial charge in [0, 0.05) is 10.9 Å². The number of aryl methyl sites for hydroxylation is 1. The van der Waals surface area contributed by atoms with Crippen LogP contribution in [0.3, 0.4) is 0 Å². The van der Waals surface area contributed by atoms with Crippen LogP contribution in [-0.4, -0.2) is 23.8 Å². The topological polar surface area (TPSA) is 75.6 Å². The zero-order valence-corrected chi connectivity index (χ0v) is 17.7. The van der Waals surface area contributed by atoms with Crippen molar-refractivity contribution in [3.8, 4) is 11.1 Å². The molecule has 158 valence electrons. The normalized spacial score (nSPS) is 13.2. The number of aliphatic carboxylic acids is 1. The maximum absolute atomic E-state index is 12.6. The molecule has 0 unspecified atom stereocenters. The van der Waals surface area contributed by atoms with E-state index in [1.165, 1.54) is 0 Å². The number of hydrogen-bond acceptors (Lipinski definition) is 3. The smallest absolute Gasteiger partial charge is 0.407 e. The van der Waals surface area contributed by atoms with Crippen LogP contribution in [-0.2, 0) is 9.53 Å². The third-order valence-electron chi connectivity index (χ3n) is 5.55. The molecule has 1 atom stereocenters. The van der Waals surface area contributed by atoms with Crippen molar-refractivity contribution in [2.45, 2.75) is 25.3 Å². The molecular formula is C25H22ClNO4. The number of fused-ring (bicyclic) bond motifs is 3. The minimum Gasteiger partial charge on any atom is -0.481 e. The second-order valence-corrected chi connectivity index (χ2v) is 8.05. The van der Waals surface area contributed by atoms with Gasteiger partial charge in [0.1, 0.15) is 6.61 Å². The van der Waals surface area contributed by atoms with E-state index in [-0.39, 0.29) is 18.9 Å². The van der Waals surface area contributed by atoms with E-state index in [0.717, 1.165) is 27.8 Å². The molecule has 5 nitrogen and oxygen atoms in total. The minimum absolute atomic E-state index is 0.0703. The summed E-state index contributed by atoms with van der Waals surface area (Å²) in [5.41, 5.74) is 6.00. The van der Waals surface area contributed by atoms with Gasteiger partial charge < -0.3 is 15.2 Å². The highest BCUT2D eigenvalue weighted by Gasteiger charge is 2.29. The van der Waals surface area contributed by atoms with Gasteiger partial charge in [-0.25, -0.2) is 4.79 Å². The number of carboxylic acid groups (broad SMARTS) is 1. The van der Waals surface area contributed by atoms with Gasteiger partial charge in [-0.05, 0) is 46.4 Å². The molecular weight excluding hydrogens is 414 g/mol. The van der Waals surface area contributed by atoms with Gasteiger partial charge in [-0.15, -0.1) is 0 Å². The molecule has 0 saturated heterocycles. The summed E-state index contributed by atoms with van der Waals surface area (Å²) in [6.07, 6.45) is -0.975. The van der Waals surface area contributed by atoms with Crippen molar-refractivity contribution in [3.05, 3.63) is 94.0 Å². The highest BCUT2D eigenvalue weighted by molar-refractivity contribution is 6.31. The van der Waals surface area contributed by atoms with E-state index in [4.69, 9.17) is 16.3 Å². The first-order chi connectivity index (χ1) is 14.9. The fourth-order valence-electron chi connectivity index (χ4n) is 4.11. The molecule has 0 heterocycles. The first-order valence-corrected chi connectivity index (χ1v) is 10.4. The summed E-state index contributed by atoms with van der Waals surface area (Å²) in [4.78, 5) is 23.9. The average molecular weight is 436 g/mol. The van der Waals surface area contributed by atoms with Crippen molar-refractivity contribution < 1.29 is 19.4 Å². The van der Waals surface area contributed by atoms with E-state index in [1.807, 2.05) is 49.4 Å². The van der Waals surface area contributed by atoms with Crippen LogP contribution in [0.1, 0.15) is 40.6 Å². The maximum atomic E-state index is 12.6. The fraction of sp³-hybridized carbons (Fsp3) is 0.200. The van der Waals surface area contributed by atoms with Gasteiger partial charge in [-0.1, -0.05) is 72.3 Å². The second-order valence-electron chi connectivity index (χ2n) is 7.65. The molecule has 0 spiro atoms. The van der Waals surface area contributed by atoms with Crippen LogP contribution in [0.4, 0.5) is 4.79 Å². The molecule has 3 aromatic carbocycles. The van der Waals surface area contributed by atoms with Gasteiger partial charge >= 0.3 is 12.1 Å². The Morgan fingerprint density at radius 3 is 2.23 bits per heavy atom. The molecule has 1 aliphatic carbocycles. The number of alkyl carbamates (subject to hydrolysis) is 1. The van der Waals surface area contributed by atoms with Crippen LogP contribution in [0.2, 0.25) is 5.02 Å². The number of benzene rings is 3. The molecule has 31 heavy (non-hydrogen) atoms. The zero-order valence-electron chi connectivity index (χ0n) is 17.0. The van der Waals surface area contributed by atoms with E-state index in [9.17, 15) is 14.7 Å². The van der Waals surface area contributed by atoms with Crippen molar-refractivity contribution in [1.82, 2.24) is 5.32 Å². The third kappa shape index (κ3) is 4.42. The van der Waals surface area contributed by atoms with Crippen LogP contribution in [0.5, 0.6) is 0 Å². The summed E-state index contributed by atoms with van der Waals surface area (Å²) in [6.45, 7) is 2.04. The highest BCUT2D eigenvalue weighted by atomic mass is 35.5.